The molecule has 0 unspecified atom stereocenters. The number of hydrazone groups is 1. The monoisotopic (exact) mass is 292 g/mol. The van der Waals surface area contributed by atoms with Crippen LogP contribution in [-0.2, 0) is 4.79 Å². The number of carbonyl (C=O) groups excluding carboxylic acids is 1. The summed E-state index contributed by atoms with van der Waals surface area (Å²) in [4.78, 5) is 18.4. The van der Waals surface area contributed by atoms with Gasteiger partial charge in [0.2, 0.25) is 0 Å². The third-order valence-electron chi connectivity index (χ3n) is 3.36. The van der Waals surface area contributed by atoms with Crippen LogP contribution in [-0.4, -0.2) is 31.4 Å². The molecule has 0 fully saturated rings. The van der Waals surface area contributed by atoms with Gasteiger partial charge in [0.05, 0.1) is 5.69 Å². The number of benzene rings is 2. The fraction of sp³-hybridized carbons (Fsp3) is 0.118. The molecule has 1 aliphatic heterocycles. The molecule has 0 radical (unpaired) electrons. The maximum atomic E-state index is 12.0. The van der Waals surface area contributed by atoms with E-state index in [1.54, 1.807) is 0 Å². The van der Waals surface area contributed by atoms with Gasteiger partial charge in [0.25, 0.3) is 5.91 Å². The summed E-state index contributed by atoms with van der Waals surface area (Å²) in [6.07, 6.45) is 0. The van der Waals surface area contributed by atoms with Crippen LogP contribution in [0.5, 0.6) is 0 Å². The molecule has 2 aromatic carbocycles. The minimum atomic E-state index is -0.282. The molecule has 0 spiro atoms. The number of nitrogens with zero attached hydrogens (tertiary/aromatic N) is 3. The van der Waals surface area contributed by atoms with Crippen molar-refractivity contribution < 1.29 is 4.79 Å². The Morgan fingerprint density at radius 1 is 1.00 bits per heavy atom. The molecule has 0 aliphatic carbocycles. The summed E-state index contributed by atoms with van der Waals surface area (Å²) in [5.74, 6) is -0.282. The summed E-state index contributed by atoms with van der Waals surface area (Å²) >= 11 is 0. The Balaban J connectivity index is 1.94. The molecular weight excluding hydrogens is 276 g/mol. The van der Waals surface area contributed by atoms with Gasteiger partial charge in [0.15, 0.2) is 5.71 Å². The molecule has 0 saturated carbocycles. The lowest BCUT2D eigenvalue weighted by Crippen LogP contribution is -2.23. The Bertz CT molecular complexity index is 746. The molecule has 5 heteroatoms. The summed E-state index contributed by atoms with van der Waals surface area (Å²) in [6.45, 7) is 0. The number of anilines is 1. The number of amides is 1. The van der Waals surface area contributed by atoms with Gasteiger partial charge >= 0.3 is 0 Å². The van der Waals surface area contributed by atoms with Crippen molar-refractivity contribution in [2.24, 2.45) is 10.1 Å². The van der Waals surface area contributed by atoms with Crippen molar-refractivity contribution in [2.75, 3.05) is 19.0 Å². The van der Waals surface area contributed by atoms with Gasteiger partial charge in [-0.25, -0.2) is 10.4 Å². The average molecular weight is 292 g/mol. The summed E-state index contributed by atoms with van der Waals surface area (Å²) < 4.78 is 0. The first-order chi connectivity index (χ1) is 10.6. The van der Waals surface area contributed by atoms with Gasteiger partial charge in [-0.2, -0.15) is 5.10 Å². The SMILES string of the molecule is CN(C)c1ccc(N=C2C(=O)NN=C2c2ccccc2)cc1. The quantitative estimate of drug-likeness (QED) is 0.944. The van der Waals surface area contributed by atoms with E-state index >= 15 is 0 Å². The van der Waals surface area contributed by atoms with E-state index in [-0.39, 0.29) is 5.91 Å². The third kappa shape index (κ3) is 2.74. The van der Waals surface area contributed by atoms with E-state index in [9.17, 15) is 4.79 Å². The maximum Gasteiger partial charge on any atom is 0.292 e. The molecule has 1 N–H and O–H groups in total. The van der Waals surface area contributed by atoms with E-state index in [1.807, 2.05) is 73.6 Å². The number of aliphatic imine (C=N–C) groups is 1. The molecule has 0 aromatic heterocycles. The zero-order valence-corrected chi connectivity index (χ0v) is 12.4. The molecule has 22 heavy (non-hydrogen) atoms. The highest BCUT2D eigenvalue weighted by molar-refractivity contribution is 6.72. The van der Waals surface area contributed by atoms with Crippen molar-refractivity contribution in [1.82, 2.24) is 5.43 Å². The van der Waals surface area contributed by atoms with Crippen LogP contribution in [0.1, 0.15) is 5.56 Å². The predicted molar refractivity (Wildman–Crippen MR) is 89.0 cm³/mol. The maximum absolute atomic E-state index is 12.0. The number of hydrogen-bond donors (Lipinski definition) is 1. The molecular formula is C17H16N4O. The summed E-state index contributed by atoms with van der Waals surface area (Å²) in [5.41, 5.74) is 6.06. The Morgan fingerprint density at radius 2 is 1.68 bits per heavy atom. The molecule has 5 nitrogen and oxygen atoms in total. The first kappa shape index (κ1) is 14.0. The van der Waals surface area contributed by atoms with E-state index in [1.165, 1.54) is 0 Å². The zero-order chi connectivity index (χ0) is 15.5. The van der Waals surface area contributed by atoms with E-state index in [2.05, 4.69) is 15.5 Å². The van der Waals surface area contributed by atoms with Crippen LogP contribution in [0.4, 0.5) is 11.4 Å². The van der Waals surface area contributed by atoms with Crippen LogP contribution in [0.25, 0.3) is 0 Å². The van der Waals surface area contributed by atoms with Crippen LogP contribution >= 0.6 is 0 Å². The van der Waals surface area contributed by atoms with E-state index in [4.69, 9.17) is 0 Å². The second-order valence-corrected chi connectivity index (χ2v) is 5.14. The highest BCUT2D eigenvalue weighted by atomic mass is 16.2. The van der Waals surface area contributed by atoms with E-state index in [0.717, 1.165) is 16.9 Å². The van der Waals surface area contributed by atoms with Gasteiger partial charge in [-0.05, 0) is 24.3 Å². The third-order valence-corrected chi connectivity index (χ3v) is 3.36. The number of rotatable bonds is 3. The Morgan fingerprint density at radius 3 is 2.32 bits per heavy atom. The number of carbonyl (C=O) groups is 1. The normalized spacial score (nSPS) is 15.6. The first-order valence-corrected chi connectivity index (χ1v) is 6.95. The Hall–Kier alpha value is -2.95. The van der Waals surface area contributed by atoms with Crippen molar-refractivity contribution in [1.29, 1.82) is 0 Å². The lowest BCUT2D eigenvalue weighted by Gasteiger charge is -2.11. The second kappa shape index (κ2) is 5.81. The molecule has 0 bridgehead atoms. The van der Waals surface area contributed by atoms with Gasteiger partial charge in [-0.3, -0.25) is 4.79 Å². The summed E-state index contributed by atoms with van der Waals surface area (Å²) in [5, 5.41) is 4.09. The molecule has 1 amide bonds. The van der Waals surface area contributed by atoms with Gasteiger partial charge < -0.3 is 4.90 Å². The van der Waals surface area contributed by atoms with Crippen LogP contribution < -0.4 is 10.3 Å². The molecule has 110 valence electrons. The molecule has 2 aromatic rings. The fourth-order valence-corrected chi connectivity index (χ4v) is 2.18. The number of hydrogen-bond acceptors (Lipinski definition) is 4. The van der Waals surface area contributed by atoms with Crippen molar-refractivity contribution in [2.45, 2.75) is 0 Å². The standard InChI is InChI=1S/C17H16N4O/c1-21(2)14-10-8-13(9-11-14)18-16-15(19-20-17(16)22)12-6-4-3-5-7-12/h3-11H,1-2H3,(H,18,20,22). The minimum Gasteiger partial charge on any atom is -0.378 e. The van der Waals surface area contributed by atoms with Crippen molar-refractivity contribution in [3.63, 3.8) is 0 Å². The van der Waals surface area contributed by atoms with Crippen LogP contribution in [0, 0.1) is 0 Å². The van der Waals surface area contributed by atoms with E-state index in [0.29, 0.717) is 11.4 Å². The molecule has 3 rings (SSSR count). The van der Waals surface area contributed by atoms with Crippen molar-refractivity contribution in [3.05, 3.63) is 60.2 Å². The van der Waals surface area contributed by atoms with Gasteiger partial charge in [0, 0.05) is 25.3 Å². The molecule has 1 aliphatic rings. The largest absolute Gasteiger partial charge is 0.378 e. The molecule has 1 heterocycles. The van der Waals surface area contributed by atoms with Gasteiger partial charge in [0.1, 0.15) is 5.71 Å². The highest BCUT2D eigenvalue weighted by Gasteiger charge is 2.25. The second-order valence-electron chi connectivity index (χ2n) is 5.14. The predicted octanol–water partition coefficient (Wildman–Crippen LogP) is 2.36. The highest BCUT2D eigenvalue weighted by Crippen LogP contribution is 2.19. The number of nitrogens with one attached hydrogen (secondary N) is 1. The van der Waals surface area contributed by atoms with Crippen LogP contribution in [0.15, 0.2) is 64.7 Å². The smallest absolute Gasteiger partial charge is 0.292 e. The first-order valence-electron chi connectivity index (χ1n) is 6.95. The zero-order valence-electron chi connectivity index (χ0n) is 12.4. The van der Waals surface area contributed by atoms with Crippen molar-refractivity contribution in [3.8, 4) is 0 Å². The summed E-state index contributed by atoms with van der Waals surface area (Å²) in [7, 11) is 3.96. The van der Waals surface area contributed by atoms with Gasteiger partial charge in [-0.1, -0.05) is 30.3 Å². The lowest BCUT2D eigenvalue weighted by atomic mass is 10.1. The topological polar surface area (TPSA) is 57.1 Å². The Kier molecular flexibility index (Phi) is 3.70. The minimum absolute atomic E-state index is 0.282. The van der Waals surface area contributed by atoms with Crippen LogP contribution in [0.2, 0.25) is 0 Å². The molecule has 0 saturated heterocycles. The van der Waals surface area contributed by atoms with Gasteiger partial charge in [-0.15, -0.1) is 0 Å². The fourth-order valence-electron chi connectivity index (χ4n) is 2.18. The van der Waals surface area contributed by atoms with Crippen molar-refractivity contribution >= 4 is 28.7 Å². The Labute approximate surface area is 129 Å². The lowest BCUT2D eigenvalue weighted by molar-refractivity contribution is -0.114. The van der Waals surface area contributed by atoms with E-state index < -0.39 is 0 Å². The average Bonchev–Trinajstić information content (AvgIpc) is 2.90. The molecule has 0 atom stereocenters. The van der Waals surface area contributed by atoms with Crippen LogP contribution in [0.3, 0.4) is 0 Å². The summed E-state index contributed by atoms with van der Waals surface area (Å²) in [6, 6.07) is 17.2.